The minimum absolute atomic E-state index is 0. The number of rotatable bonds is 7. The van der Waals surface area contributed by atoms with Crippen molar-refractivity contribution in [2.75, 3.05) is 32.1 Å². The highest BCUT2D eigenvalue weighted by molar-refractivity contribution is 14.0. The number of nitrogens with zero attached hydrogens (tertiary/aromatic N) is 2. The molecule has 0 atom stereocenters. The van der Waals surface area contributed by atoms with E-state index in [1.807, 2.05) is 18.0 Å². The lowest BCUT2D eigenvalue weighted by molar-refractivity contribution is 0.775. The zero-order chi connectivity index (χ0) is 13.2. The fourth-order valence-electron chi connectivity index (χ4n) is 1.45. The maximum Gasteiger partial charge on any atom is 0.190 e. The summed E-state index contributed by atoms with van der Waals surface area (Å²) in [5.41, 5.74) is 0. The van der Waals surface area contributed by atoms with Gasteiger partial charge in [-0.25, -0.2) is 4.98 Å². The second-order valence-corrected chi connectivity index (χ2v) is 6.19. The molecular formula is C12H23IN4S2. The van der Waals surface area contributed by atoms with Gasteiger partial charge in [0.15, 0.2) is 5.96 Å². The molecule has 0 saturated carbocycles. The van der Waals surface area contributed by atoms with Crippen LogP contribution in [0.3, 0.4) is 0 Å². The fraction of sp³-hybridized carbons (Fsp3) is 0.667. The Morgan fingerprint density at radius 2 is 2.16 bits per heavy atom. The highest BCUT2D eigenvalue weighted by Crippen LogP contribution is 2.10. The van der Waals surface area contributed by atoms with E-state index in [1.165, 1.54) is 15.6 Å². The van der Waals surface area contributed by atoms with Crippen LogP contribution in [0.5, 0.6) is 0 Å². The Morgan fingerprint density at radius 1 is 1.42 bits per heavy atom. The Morgan fingerprint density at radius 3 is 2.74 bits per heavy atom. The Kier molecular flexibility index (Phi) is 11.8. The third kappa shape index (κ3) is 8.69. The molecule has 2 N–H and O–H groups in total. The maximum atomic E-state index is 4.34. The summed E-state index contributed by atoms with van der Waals surface area (Å²) in [5, 5.41) is 7.79. The summed E-state index contributed by atoms with van der Waals surface area (Å²) >= 11 is 3.63. The first-order valence-electron chi connectivity index (χ1n) is 6.11. The molecule has 110 valence electrons. The van der Waals surface area contributed by atoms with Crippen molar-refractivity contribution in [3.8, 4) is 0 Å². The molecule has 0 bridgehead atoms. The predicted octanol–water partition coefficient (Wildman–Crippen LogP) is 2.53. The Bertz CT molecular complexity index is 368. The quantitative estimate of drug-likeness (QED) is 0.312. The van der Waals surface area contributed by atoms with E-state index >= 15 is 0 Å². The number of hydrogen-bond acceptors (Lipinski definition) is 4. The topological polar surface area (TPSA) is 49.3 Å². The first kappa shape index (κ1) is 19.0. The number of thioether (sulfide) groups is 1. The van der Waals surface area contributed by atoms with Crippen molar-refractivity contribution >= 4 is 53.0 Å². The summed E-state index contributed by atoms with van der Waals surface area (Å²) in [6, 6.07) is 0. The van der Waals surface area contributed by atoms with Crippen molar-refractivity contribution in [3.05, 3.63) is 16.1 Å². The number of nitrogens with one attached hydrogen (secondary N) is 2. The van der Waals surface area contributed by atoms with Crippen molar-refractivity contribution in [2.24, 2.45) is 4.99 Å². The van der Waals surface area contributed by atoms with Crippen molar-refractivity contribution in [3.63, 3.8) is 0 Å². The largest absolute Gasteiger partial charge is 0.356 e. The second kappa shape index (κ2) is 11.8. The zero-order valence-corrected chi connectivity index (χ0v) is 15.7. The molecule has 1 aromatic rings. The number of aliphatic imine (C=N–C) groups is 1. The van der Waals surface area contributed by atoms with Crippen LogP contribution in [-0.2, 0) is 6.42 Å². The Balaban J connectivity index is 0.00000324. The first-order chi connectivity index (χ1) is 8.76. The summed E-state index contributed by atoms with van der Waals surface area (Å²) in [5.74, 6) is 2.06. The van der Waals surface area contributed by atoms with Crippen LogP contribution in [0.15, 0.2) is 11.2 Å². The van der Waals surface area contributed by atoms with Gasteiger partial charge in [0.2, 0.25) is 0 Å². The van der Waals surface area contributed by atoms with Gasteiger partial charge in [0.1, 0.15) is 0 Å². The number of halogens is 1. The molecule has 0 aliphatic rings. The molecule has 0 amide bonds. The lowest BCUT2D eigenvalue weighted by Crippen LogP contribution is -2.38. The van der Waals surface area contributed by atoms with Gasteiger partial charge >= 0.3 is 0 Å². The maximum absolute atomic E-state index is 4.34. The molecule has 0 aliphatic carbocycles. The van der Waals surface area contributed by atoms with Crippen LogP contribution < -0.4 is 10.6 Å². The average molecular weight is 414 g/mol. The van der Waals surface area contributed by atoms with Gasteiger partial charge in [-0.2, -0.15) is 11.8 Å². The van der Waals surface area contributed by atoms with Crippen LogP contribution >= 0.6 is 47.1 Å². The van der Waals surface area contributed by atoms with Gasteiger partial charge in [0, 0.05) is 37.6 Å². The molecule has 7 heteroatoms. The van der Waals surface area contributed by atoms with Crippen LogP contribution in [-0.4, -0.2) is 43.1 Å². The summed E-state index contributed by atoms with van der Waals surface area (Å²) < 4.78 is 0. The van der Waals surface area contributed by atoms with E-state index in [9.17, 15) is 0 Å². The van der Waals surface area contributed by atoms with Gasteiger partial charge in [-0.1, -0.05) is 0 Å². The molecule has 0 radical (unpaired) electrons. The summed E-state index contributed by atoms with van der Waals surface area (Å²) in [6.45, 7) is 3.92. The lowest BCUT2D eigenvalue weighted by Gasteiger charge is -2.10. The number of aromatic nitrogens is 1. The van der Waals surface area contributed by atoms with Gasteiger partial charge in [-0.15, -0.1) is 35.3 Å². The second-order valence-electron chi connectivity index (χ2n) is 3.89. The number of thiazole rings is 1. The van der Waals surface area contributed by atoms with Crippen LogP contribution in [0.1, 0.15) is 16.3 Å². The van der Waals surface area contributed by atoms with Gasteiger partial charge in [0.25, 0.3) is 0 Å². The van der Waals surface area contributed by atoms with E-state index in [1.54, 1.807) is 18.4 Å². The van der Waals surface area contributed by atoms with Crippen LogP contribution in [0, 0.1) is 6.92 Å². The minimum Gasteiger partial charge on any atom is -0.356 e. The number of aryl methyl sites for hydroxylation is 1. The summed E-state index contributed by atoms with van der Waals surface area (Å²) in [7, 11) is 1.80. The summed E-state index contributed by atoms with van der Waals surface area (Å²) in [4.78, 5) is 9.80. The van der Waals surface area contributed by atoms with E-state index in [0.717, 1.165) is 31.9 Å². The standard InChI is InChI=1S/C12H22N4S2.HI/c1-10-9-16-11(18-10)5-7-15-12(13-2)14-6-4-8-17-3;/h9H,4-8H2,1-3H3,(H2,13,14,15);1H. The molecule has 1 rings (SSSR count). The molecule has 4 nitrogen and oxygen atoms in total. The zero-order valence-electron chi connectivity index (χ0n) is 11.7. The molecule has 0 fully saturated rings. The van der Waals surface area contributed by atoms with E-state index in [4.69, 9.17) is 0 Å². The Hall–Kier alpha value is -0.0200. The Labute approximate surface area is 141 Å². The fourth-order valence-corrected chi connectivity index (χ4v) is 2.67. The van der Waals surface area contributed by atoms with Crippen LogP contribution in [0.2, 0.25) is 0 Å². The molecule has 0 aromatic carbocycles. The minimum atomic E-state index is 0. The van der Waals surface area contributed by atoms with Crippen molar-refractivity contribution < 1.29 is 0 Å². The molecule has 19 heavy (non-hydrogen) atoms. The van der Waals surface area contributed by atoms with Crippen LogP contribution in [0.4, 0.5) is 0 Å². The van der Waals surface area contributed by atoms with E-state index in [2.05, 4.69) is 33.8 Å². The van der Waals surface area contributed by atoms with Crippen LogP contribution in [0.25, 0.3) is 0 Å². The number of hydrogen-bond donors (Lipinski definition) is 2. The molecule has 0 aliphatic heterocycles. The molecule has 0 unspecified atom stereocenters. The summed E-state index contributed by atoms with van der Waals surface area (Å²) in [6.07, 6.45) is 6.16. The smallest absolute Gasteiger partial charge is 0.190 e. The van der Waals surface area contributed by atoms with Gasteiger partial charge in [0.05, 0.1) is 5.01 Å². The van der Waals surface area contributed by atoms with E-state index in [0.29, 0.717) is 0 Å². The normalized spacial score (nSPS) is 11.0. The SMILES string of the molecule is CN=C(NCCCSC)NCCc1ncc(C)s1.I. The molecule has 1 aromatic heterocycles. The van der Waals surface area contributed by atoms with Gasteiger partial charge in [-0.3, -0.25) is 4.99 Å². The van der Waals surface area contributed by atoms with Crippen molar-refractivity contribution in [2.45, 2.75) is 19.8 Å². The predicted molar refractivity (Wildman–Crippen MR) is 98.3 cm³/mol. The molecule has 0 spiro atoms. The highest BCUT2D eigenvalue weighted by atomic mass is 127. The number of guanidine groups is 1. The van der Waals surface area contributed by atoms with Gasteiger partial charge in [-0.05, 0) is 25.4 Å². The van der Waals surface area contributed by atoms with Gasteiger partial charge < -0.3 is 10.6 Å². The molecular weight excluding hydrogens is 391 g/mol. The first-order valence-corrected chi connectivity index (χ1v) is 8.32. The third-order valence-corrected chi connectivity index (χ3v) is 4.01. The van der Waals surface area contributed by atoms with E-state index in [-0.39, 0.29) is 24.0 Å². The highest BCUT2D eigenvalue weighted by Gasteiger charge is 2.00. The molecule has 0 saturated heterocycles. The van der Waals surface area contributed by atoms with E-state index < -0.39 is 0 Å². The average Bonchev–Trinajstić information content (AvgIpc) is 2.78. The van der Waals surface area contributed by atoms with Crippen molar-refractivity contribution in [1.29, 1.82) is 0 Å². The lowest BCUT2D eigenvalue weighted by atomic mass is 10.4. The monoisotopic (exact) mass is 414 g/mol. The molecule has 1 heterocycles. The third-order valence-electron chi connectivity index (χ3n) is 2.34. The van der Waals surface area contributed by atoms with Crippen molar-refractivity contribution in [1.82, 2.24) is 15.6 Å².